The van der Waals surface area contributed by atoms with Gasteiger partial charge in [-0.25, -0.2) is 0 Å². The molecule has 2 rings (SSSR count). The van der Waals surface area contributed by atoms with E-state index >= 15 is 0 Å². The standard InChI is InChI=1S/C18H29N3O.2ClH/c1-18(2,19)17(22)20-13-15-8-7-9-16(12-15)14-21-10-5-3-4-6-11-21;;/h7-9,12H,3-6,10-11,13-14,19H2,1-2H3,(H,20,22);2*1H. The van der Waals surface area contributed by atoms with Gasteiger partial charge in [-0.3, -0.25) is 9.69 Å². The highest BCUT2D eigenvalue weighted by Crippen LogP contribution is 2.14. The van der Waals surface area contributed by atoms with Crippen LogP contribution in [-0.2, 0) is 17.9 Å². The molecule has 4 nitrogen and oxygen atoms in total. The van der Waals surface area contributed by atoms with Crippen molar-refractivity contribution in [1.29, 1.82) is 0 Å². The highest BCUT2D eigenvalue weighted by molar-refractivity contribution is 5.85. The van der Waals surface area contributed by atoms with E-state index in [0.29, 0.717) is 6.54 Å². The van der Waals surface area contributed by atoms with Crippen LogP contribution in [-0.4, -0.2) is 29.4 Å². The third-order valence-corrected chi connectivity index (χ3v) is 4.13. The van der Waals surface area contributed by atoms with E-state index in [2.05, 4.69) is 34.5 Å². The van der Waals surface area contributed by atoms with E-state index in [1.54, 1.807) is 13.8 Å². The Bertz CT molecular complexity index is 495. The summed E-state index contributed by atoms with van der Waals surface area (Å²) in [5.41, 5.74) is 7.41. The third kappa shape index (κ3) is 7.84. The lowest BCUT2D eigenvalue weighted by Gasteiger charge is -2.20. The molecule has 1 aromatic rings. The van der Waals surface area contributed by atoms with Crippen molar-refractivity contribution in [3.05, 3.63) is 35.4 Å². The van der Waals surface area contributed by atoms with E-state index in [1.165, 1.54) is 44.3 Å². The Morgan fingerprint density at radius 3 is 2.29 bits per heavy atom. The lowest BCUT2D eigenvalue weighted by atomic mass is 10.1. The maximum Gasteiger partial charge on any atom is 0.239 e. The second kappa shape index (κ2) is 10.9. The molecule has 24 heavy (non-hydrogen) atoms. The fourth-order valence-electron chi connectivity index (χ4n) is 2.80. The van der Waals surface area contributed by atoms with Crippen molar-refractivity contribution in [1.82, 2.24) is 10.2 Å². The van der Waals surface area contributed by atoms with Gasteiger partial charge in [-0.2, -0.15) is 0 Å². The van der Waals surface area contributed by atoms with Crippen molar-refractivity contribution in [2.24, 2.45) is 5.73 Å². The van der Waals surface area contributed by atoms with Gasteiger partial charge in [-0.15, -0.1) is 24.8 Å². The first-order valence-electron chi connectivity index (χ1n) is 8.32. The van der Waals surface area contributed by atoms with Crippen molar-refractivity contribution in [3.63, 3.8) is 0 Å². The van der Waals surface area contributed by atoms with Crippen LogP contribution < -0.4 is 11.1 Å². The quantitative estimate of drug-likeness (QED) is 0.829. The zero-order valence-electron chi connectivity index (χ0n) is 14.7. The van der Waals surface area contributed by atoms with Gasteiger partial charge in [0.05, 0.1) is 5.54 Å². The SMILES string of the molecule is CC(C)(N)C(=O)NCc1cccc(CN2CCCCCC2)c1.Cl.Cl. The molecule has 1 amide bonds. The molecule has 0 aromatic heterocycles. The zero-order chi connectivity index (χ0) is 16.0. The summed E-state index contributed by atoms with van der Waals surface area (Å²) < 4.78 is 0. The Kier molecular flexibility index (Phi) is 10.6. The molecule has 1 aliphatic heterocycles. The fraction of sp³-hybridized carbons (Fsp3) is 0.611. The van der Waals surface area contributed by atoms with Gasteiger partial charge in [-0.05, 0) is 50.9 Å². The number of nitrogens with one attached hydrogen (secondary N) is 1. The van der Waals surface area contributed by atoms with Crippen molar-refractivity contribution in [2.75, 3.05) is 13.1 Å². The molecule has 0 aliphatic carbocycles. The third-order valence-electron chi connectivity index (χ3n) is 4.13. The molecular weight excluding hydrogens is 345 g/mol. The average Bonchev–Trinajstić information content (AvgIpc) is 2.73. The number of rotatable bonds is 5. The molecule has 0 spiro atoms. The summed E-state index contributed by atoms with van der Waals surface area (Å²) in [7, 11) is 0. The molecule has 1 fully saturated rings. The Labute approximate surface area is 158 Å². The lowest BCUT2D eigenvalue weighted by molar-refractivity contribution is -0.125. The number of benzene rings is 1. The Morgan fingerprint density at radius 2 is 1.71 bits per heavy atom. The number of halogens is 2. The van der Waals surface area contributed by atoms with Gasteiger partial charge in [0.1, 0.15) is 0 Å². The summed E-state index contributed by atoms with van der Waals surface area (Å²) in [6, 6.07) is 8.48. The van der Waals surface area contributed by atoms with E-state index in [9.17, 15) is 4.79 Å². The molecule has 1 aliphatic rings. The number of carbonyl (C=O) groups is 1. The monoisotopic (exact) mass is 375 g/mol. The van der Waals surface area contributed by atoms with Gasteiger partial charge in [0.25, 0.3) is 0 Å². The topological polar surface area (TPSA) is 58.4 Å². The van der Waals surface area contributed by atoms with Crippen LogP contribution in [0.4, 0.5) is 0 Å². The Morgan fingerprint density at radius 1 is 1.12 bits per heavy atom. The fourth-order valence-corrected chi connectivity index (χ4v) is 2.80. The summed E-state index contributed by atoms with van der Waals surface area (Å²) in [4.78, 5) is 14.4. The number of amides is 1. The maximum absolute atomic E-state index is 11.8. The van der Waals surface area contributed by atoms with Gasteiger partial charge >= 0.3 is 0 Å². The molecule has 0 saturated carbocycles. The summed E-state index contributed by atoms with van der Waals surface area (Å²) in [5, 5.41) is 2.90. The molecule has 0 bridgehead atoms. The van der Waals surface area contributed by atoms with E-state index in [1.807, 2.05) is 0 Å². The van der Waals surface area contributed by atoms with Crippen LogP contribution in [0.15, 0.2) is 24.3 Å². The molecule has 0 radical (unpaired) electrons. The van der Waals surface area contributed by atoms with Crippen LogP contribution in [0.25, 0.3) is 0 Å². The molecule has 138 valence electrons. The van der Waals surface area contributed by atoms with Crippen molar-refractivity contribution in [3.8, 4) is 0 Å². The first kappa shape index (κ1) is 23.2. The maximum atomic E-state index is 11.8. The highest BCUT2D eigenvalue weighted by Gasteiger charge is 2.21. The van der Waals surface area contributed by atoms with Crippen LogP contribution >= 0.6 is 24.8 Å². The van der Waals surface area contributed by atoms with E-state index in [4.69, 9.17) is 5.73 Å². The minimum atomic E-state index is -0.830. The minimum Gasteiger partial charge on any atom is -0.350 e. The van der Waals surface area contributed by atoms with Crippen molar-refractivity contribution >= 4 is 30.7 Å². The first-order chi connectivity index (χ1) is 10.4. The molecule has 1 aromatic carbocycles. The molecule has 3 N–H and O–H groups in total. The second-order valence-corrected chi connectivity index (χ2v) is 6.91. The summed E-state index contributed by atoms with van der Waals surface area (Å²) in [5.74, 6) is -0.120. The zero-order valence-corrected chi connectivity index (χ0v) is 16.3. The number of hydrogen-bond acceptors (Lipinski definition) is 3. The molecule has 1 saturated heterocycles. The minimum absolute atomic E-state index is 0. The number of hydrogen-bond donors (Lipinski definition) is 2. The number of nitrogens with zero attached hydrogens (tertiary/aromatic N) is 1. The Hall–Kier alpha value is -0.810. The lowest BCUT2D eigenvalue weighted by Crippen LogP contribution is -2.48. The van der Waals surface area contributed by atoms with E-state index in [0.717, 1.165) is 12.1 Å². The summed E-state index contributed by atoms with van der Waals surface area (Å²) in [6.07, 6.45) is 5.33. The van der Waals surface area contributed by atoms with Crippen LogP contribution in [0.2, 0.25) is 0 Å². The van der Waals surface area contributed by atoms with Gasteiger partial charge in [0.15, 0.2) is 0 Å². The van der Waals surface area contributed by atoms with Crippen molar-refractivity contribution < 1.29 is 4.79 Å². The highest BCUT2D eigenvalue weighted by atomic mass is 35.5. The van der Waals surface area contributed by atoms with Gasteiger partial charge in [-0.1, -0.05) is 37.1 Å². The number of carbonyl (C=O) groups excluding carboxylic acids is 1. The van der Waals surface area contributed by atoms with Crippen LogP contribution in [0.3, 0.4) is 0 Å². The predicted molar refractivity (Wildman–Crippen MR) is 105 cm³/mol. The second-order valence-electron chi connectivity index (χ2n) is 6.91. The summed E-state index contributed by atoms with van der Waals surface area (Å²) in [6.45, 7) is 7.37. The van der Waals surface area contributed by atoms with Gasteiger partial charge in [0, 0.05) is 13.1 Å². The smallest absolute Gasteiger partial charge is 0.239 e. The molecule has 0 unspecified atom stereocenters. The van der Waals surface area contributed by atoms with Crippen LogP contribution in [0.5, 0.6) is 0 Å². The molecule has 6 heteroatoms. The van der Waals surface area contributed by atoms with Gasteiger partial charge in [0.2, 0.25) is 5.91 Å². The van der Waals surface area contributed by atoms with E-state index in [-0.39, 0.29) is 30.7 Å². The molecular formula is C18H31Cl2N3O. The number of likely N-dealkylation sites (tertiary alicyclic amines) is 1. The molecule has 0 atom stereocenters. The predicted octanol–water partition coefficient (Wildman–Crippen LogP) is 3.26. The first-order valence-corrected chi connectivity index (χ1v) is 8.32. The summed E-state index contributed by atoms with van der Waals surface area (Å²) >= 11 is 0. The van der Waals surface area contributed by atoms with Crippen LogP contribution in [0, 0.1) is 0 Å². The average molecular weight is 376 g/mol. The number of nitrogens with two attached hydrogens (primary N) is 1. The van der Waals surface area contributed by atoms with Crippen LogP contribution in [0.1, 0.15) is 50.7 Å². The van der Waals surface area contributed by atoms with Gasteiger partial charge < -0.3 is 11.1 Å². The molecule has 1 heterocycles. The van der Waals surface area contributed by atoms with Crippen molar-refractivity contribution in [2.45, 2.75) is 58.2 Å². The van der Waals surface area contributed by atoms with E-state index < -0.39 is 5.54 Å². The normalized spacial score (nSPS) is 15.6. The largest absolute Gasteiger partial charge is 0.350 e. The Balaban J connectivity index is 0.00000264.